The van der Waals surface area contributed by atoms with Gasteiger partial charge in [0, 0.05) is 18.9 Å². The van der Waals surface area contributed by atoms with Crippen molar-refractivity contribution in [2.75, 3.05) is 6.61 Å². The fourth-order valence-electron chi connectivity index (χ4n) is 3.30. The van der Waals surface area contributed by atoms with E-state index in [9.17, 15) is 15.3 Å². The smallest absolute Gasteiger partial charge is 0.109 e. The van der Waals surface area contributed by atoms with Crippen molar-refractivity contribution in [1.82, 2.24) is 9.55 Å². The quantitative estimate of drug-likeness (QED) is 0.797. The first-order valence-corrected chi connectivity index (χ1v) is 8.06. The Hall–Kier alpha value is -0.850. The summed E-state index contributed by atoms with van der Waals surface area (Å²) in [5.41, 5.74) is 1.49. The monoisotopic (exact) mass is 344 g/mol. The Kier molecular flexibility index (Phi) is 4.36. The Bertz CT molecular complexity index is 704. The predicted molar refractivity (Wildman–Crippen MR) is 85.4 cm³/mol. The lowest BCUT2D eigenvalue weighted by Crippen LogP contribution is -2.30. The molecule has 3 rings (SSSR count). The van der Waals surface area contributed by atoms with Crippen LogP contribution in [0.3, 0.4) is 0 Å². The molecule has 1 aliphatic carbocycles. The molecule has 1 aromatic carbocycles. The number of halogens is 2. The number of aliphatic hydroxyl groups is 3. The first-order valence-electron chi connectivity index (χ1n) is 7.30. The topological polar surface area (TPSA) is 78.5 Å². The van der Waals surface area contributed by atoms with E-state index in [0.29, 0.717) is 28.4 Å². The number of aryl methyl sites for hydroxylation is 1. The van der Waals surface area contributed by atoms with Gasteiger partial charge in [-0.3, -0.25) is 0 Å². The Labute approximate surface area is 138 Å². The van der Waals surface area contributed by atoms with E-state index in [1.807, 2.05) is 11.5 Å². The molecule has 0 spiro atoms. The molecule has 1 aromatic heterocycles. The highest BCUT2D eigenvalue weighted by Gasteiger charge is 2.43. The lowest BCUT2D eigenvalue weighted by Gasteiger charge is -2.21. The third-order valence-electron chi connectivity index (χ3n) is 4.46. The summed E-state index contributed by atoms with van der Waals surface area (Å²) in [5.74, 6) is 0.452. The number of nitrogens with zero attached hydrogens (tertiary/aromatic N) is 2. The highest BCUT2D eigenvalue weighted by atomic mass is 35.5. The number of rotatable bonds is 3. The van der Waals surface area contributed by atoms with E-state index in [1.54, 1.807) is 12.1 Å². The largest absolute Gasteiger partial charge is 0.396 e. The summed E-state index contributed by atoms with van der Waals surface area (Å²) < 4.78 is 1.92. The summed E-state index contributed by atoms with van der Waals surface area (Å²) in [4.78, 5) is 4.55. The third-order valence-corrected chi connectivity index (χ3v) is 5.18. The molecule has 120 valence electrons. The lowest BCUT2D eigenvalue weighted by molar-refractivity contribution is -0.00389. The summed E-state index contributed by atoms with van der Waals surface area (Å²) in [7, 11) is 0. The number of aliphatic hydroxyl groups excluding tert-OH is 3. The van der Waals surface area contributed by atoms with Crippen LogP contribution in [0.5, 0.6) is 0 Å². The van der Waals surface area contributed by atoms with Gasteiger partial charge in [0.25, 0.3) is 0 Å². The molecule has 0 saturated heterocycles. The predicted octanol–water partition coefficient (Wildman–Crippen LogP) is 2.18. The van der Waals surface area contributed by atoms with E-state index in [2.05, 4.69) is 4.98 Å². The number of imidazole rings is 1. The van der Waals surface area contributed by atoms with Crippen LogP contribution in [0.1, 0.15) is 25.2 Å². The molecular weight excluding hydrogens is 327 g/mol. The first-order chi connectivity index (χ1) is 10.5. The molecule has 2 aromatic rings. The van der Waals surface area contributed by atoms with Crippen LogP contribution in [-0.2, 0) is 6.42 Å². The van der Waals surface area contributed by atoms with Crippen LogP contribution in [0.4, 0.5) is 0 Å². The van der Waals surface area contributed by atoms with Crippen LogP contribution in [0, 0.1) is 5.92 Å². The Morgan fingerprint density at radius 3 is 2.50 bits per heavy atom. The van der Waals surface area contributed by atoms with Gasteiger partial charge in [-0.2, -0.15) is 0 Å². The summed E-state index contributed by atoms with van der Waals surface area (Å²) >= 11 is 12.2. The van der Waals surface area contributed by atoms with Crippen molar-refractivity contribution >= 4 is 34.2 Å². The number of aromatic nitrogens is 2. The molecule has 0 bridgehead atoms. The van der Waals surface area contributed by atoms with Crippen molar-refractivity contribution in [2.24, 2.45) is 5.92 Å². The minimum absolute atomic E-state index is 0.157. The lowest BCUT2D eigenvalue weighted by atomic mass is 10.1. The van der Waals surface area contributed by atoms with Gasteiger partial charge < -0.3 is 19.9 Å². The van der Waals surface area contributed by atoms with Crippen LogP contribution in [0.15, 0.2) is 12.1 Å². The average Bonchev–Trinajstić information content (AvgIpc) is 2.98. The van der Waals surface area contributed by atoms with Crippen LogP contribution >= 0.6 is 23.2 Å². The number of fused-ring (bicyclic) bond motifs is 1. The molecule has 0 aliphatic heterocycles. The minimum atomic E-state index is -0.950. The van der Waals surface area contributed by atoms with Crippen LogP contribution in [0.25, 0.3) is 11.0 Å². The molecular formula is C15H18Cl2N2O3. The van der Waals surface area contributed by atoms with E-state index >= 15 is 0 Å². The van der Waals surface area contributed by atoms with Crippen LogP contribution in [-0.4, -0.2) is 43.7 Å². The Morgan fingerprint density at radius 2 is 1.91 bits per heavy atom. The zero-order valence-electron chi connectivity index (χ0n) is 12.1. The molecule has 22 heavy (non-hydrogen) atoms. The maximum absolute atomic E-state index is 10.4. The SMILES string of the molecule is CCc1nc2cc(Cl)c(Cl)cc2n1C1CC(CO)C(O)C1O. The molecule has 1 fully saturated rings. The molecule has 0 radical (unpaired) electrons. The van der Waals surface area contributed by atoms with Crippen molar-refractivity contribution in [2.45, 2.75) is 38.0 Å². The number of hydrogen-bond acceptors (Lipinski definition) is 4. The zero-order chi connectivity index (χ0) is 16.0. The molecule has 7 heteroatoms. The van der Waals surface area contributed by atoms with Gasteiger partial charge in [0.15, 0.2) is 0 Å². The van der Waals surface area contributed by atoms with Gasteiger partial charge in [0.2, 0.25) is 0 Å². The van der Waals surface area contributed by atoms with E-state index in [-0.39, 0.29) is 18.6 Å². The molecule has 0 amide bonds. The van der Waals surface area contributed by atoms with E-state index < -0.39 is 12.2 Å². The summed E-state index contributed by atoms with van der Waals surface area (Å²) in [6.45, 7) is 1.82. The van der Waals surface area contributed by atoms with Crippen molar-refractivity contribution in [3.05, 3.63) is 28.0 Å². The van der Waals surface area contributed by atoms with Gasteiger partial charge in [-0.15, -0.1) is 0 Å². The van der Waals surface area contributed by atoms with Crippen molar-refractivity contribution < 1.29 is 15.3 Å². The summed E-state index contributed by atoms with van der Waals surface area (Å²) in [6.07, 6.45) is -0.737. The van der Waals surface area contributed by atoms with Gasteiger partial charge >= 0.3 is 0 Å². The molecule has 4 unspecified atom stereocenters. The summed E-state index contributed by atoms with van der Waals surface area (Å²) in [6, 6.07) is 3.09. The Balaban J connectivity index is 2.15. The molecule has 5 nitrogen and oxygen atoms in total. The first kappa shape index (κ1) is 16.0. The standard InChI is InChI=1S/C15H18Cl2N2O3/c1-2-13-18-10-4-8(16)9(17)5-11(10)19(13)12-3-7(6-20)14(21)15(12)22/h4-5,7,12,14-15,20-22H,2-3,6H2,1H3. The van der Waals surface area contributed by atoms with Gasteiger partial charge in [-0.25, -0.2) is 4.98 Å². The van der Waals surface area contributed by atoms with Crippen molar-refractivity contribution in [3.8, 4) is 0 Å². The van der Waals surface area contributed by atoms with Crippen molar-refractivity contribution in [1.29, 1.82) is 0 Å². The highest BCUT2D eigenvalue weighted by molar-refractivity contribution is 6.42. The van der Waals surface area contributed by atoms with Gasteiger partial charge in [0.1, 0.15) is 11.9 Å². The Morgan fingerprint density at radius 1 is 1.23 bits per heavy atom. The second kappa shape index (κ2) is 5.98. The van der Waals surface area contributed by atoms with E-state index in [1.165, 1.54) is 0 Å². The fourth-order valence-corrected chi connectivity index (χ4v) is 3.61. The summed E-state index contributed by atoms with van der Waals surface area (Å²) in [5, 5.41) is 30.6. The zero-order valence-corrected chi connectivity index (χ0v) is 13.6. The van der Waals surface area contributed by atoms with Gasteiger partial charge in [-0.05, 0) is 18.6 Å². The minimum Gasteiger partial charge on any atom is -0.396 e. The maximum atomic E-state index is 10.4. The molecule has 3 N–H and O–H groups in total. The van der Waals surface area contributed by atoms with Crippen molar-refractivity contribution in [3.63, 3.8) is 0 Å². The van der Waals surface area contributed by atoms with Gasteiger partial charge in [0.05, 0.1) is 33.2 Å². The van der Waals surface area contributed by atoms with E-state index in [4.69, 9.17) is 23.2 Å². The average molecular weight is 345 g/mol. The number of hydrogen-bond donors (Lipinski definition) is 3. The number of benzene rings is 1. The maximum Gasteiger partial charge on any atom is 0.109 e. The van der Waals surface area contributed by atoms with Gasteiger partial charge in [-0.1, -0.05) is 30.1 Å². The third kappa shape index (κ3) is 2.41. The molecule has 1 heterocycles. The van der Waals surface area contributed by atoms with E-state index in [0.717, 1.165) is 11.3 Å². The molecule has 1 saturated carbocycles. The normalized spacial score (nSPS) is 28.6. The fraction of sp³-hybridized carbons (Fsp3) is 0.533. The second-order valence-electron chi connectivity index (χ2n) is 5.73. The molecule has 1 aliphatic rings. The second-order valence-corrected chi connectivity index (χ2v) is 6.55. The molecule has 4 atom stereocenters. The van der Waals surface area contributed by atoms with Crippen LogP contribution < -0.4 is 0 Å². The highest BCUT2D eigenvalue weighted by Crippen LogP contribution is 2.39. The van der Waals surface area contributed by atoms with Crippen LogP contribution in [0.2, 0.25) is 10.0 Å².